The molecule has 1 rings (SSSR count). The van der Waals surface area contributed by atoms with Crippen LogP contribution in [0.25, 0.3) is 0 Å². The number of rotatable bonds is 2. The minimum atomic E-state index is -2.99. The van der Waals surface area contributed by atoms with Crippen molar-refractivity contribution in [3.05, 3.63) is 12.2 Å². The van der Waals surface area contributed by atoms with Gasteiger partial charge in [0.15, 0.2) is 9.84 Å². The van der Waals surface area contributed by atoms with E-state index >= 15 is 0 Å². The van der Waals surface area contributed by atoms with Gasteiger partial charge in [-0.3, -0.25) is 0 Å². The van der Waals surface area contributed by atoms with Gasteiger partial charge in [0.2, 0.25) is 0 Å². The van der Waals surface area contributed by atoms with Gasteiger partial charge in [0, 0.05) is 11.5 Å². The molecule has 1 aliphatic rings. The smallest absolute Gasteiger partial charge is 0.333 e. The molecule has 1 heterocycles. The summed E-state index contributed by atoms with van der Waals surface area (Å²) < 4.78 is 27.1. The van der Waals surface area contributed by atoms with E-state index in [9.17, 15) is 13.2 Å². The van der Waals surface area contributed by atoms with Gasteiger partial charge < -0.3 is 4.74 Å². The molecule has 1 saturated heterocycles. The van der Waals surface area contributed by atoms with Crippen LogP contribution in [0.3, 0.4) is 0 Å². The van der Waals surface area contributed by atoms with Crippen molar-refractivity contribution in [2.75, 3.05) is 18.6 Å². The van der Waals surface area contributed by atoms with Crippen LogP contribution in [0, 0.1) is 5.92 Å². The van der Waals surface area contributed by atoms with Crippen molar-refractivity contribution in [3.63, 3.8) is 0 Å². The lowest BCUT2D eigenvalue weighted by atomic mass is 9.97. The Morgan fingerprint density at radius 1 is 1.50 bits per heavy atom. The highest BCUT2D eigenvalue weighted by Gasteiger charge is 2.29. The fourth-order valence-corrected chi connectivity index (χ4v) is 3.35. The number of hydrogen-bond acceptors (Lipinski definition) is 4. The van der Waals surface area contributed by atoms with E-state index in [1.54, 1.807) is 0 Å². The van der Waals surface area contributed by atoms with E-state index in [0.29, 0.717) is 12.8 Å². The first-order valence-corrected chi connectivity index (χ1v) is 6.26. The first-order chi connectivity index (χ1) is 6.46. The Morgan fingerprint density at radius 2 is 2.14 bits per heavy atom. The molecule has 14 heavy (non-hydrogen) atoms. The highest BCUT2D eigenvalue weighted by Crippen LogP contribution is 2.24. The number of esters is 1. The molecule has 4 nitrogen and oxygen atoms in total. The number of hydrogen-bond donors (Lipinski definition) is 0. The first kappa shape index (κ1) is 11.2. The second kappa shape index (κ2) is 4.13. The zero-order chi connectivity index (χ0) is 10.8. The van der Waals surface area contributed by atoms with Crippen LogP contribution >= 0.6 is 0 Å². The summed E-state index contributed by atoms with van der Waals surface area (Å²) >= 11 is 0. The van der Waals surface area contributed by atoms with Crippen molar-refractivity contribution in [2.45, 2.75) is 12.8 Å². The summed E-state index contributed by atoms with van der Waals surface area (Å²) in [4.78, 5) is 11.1. The predicted octanol–water partition coefficient (Wildman–Crippen LogP) is 0.540. The molecular formula is C9H14O4S. The summed E-state index contributed by atoms with van der Waals surface area (Å²) in [6.45, 7) is 3.58. The Morgan fingerprint density at radius 3 is 2.64 bits per heavy atom. The molecule has 0 N–H and O–H groups in total. The van der Waals surface area contributed by atoms with E-state index in [1.807, 2.05) is 0 Å². The maximum Gasteiger partial charge on any atom is 0.333 e. The highest BCUT2D eigenvalue weighted by molar-refractivity contribution is 7.91. The molecule has 0 amide bonds. The van der Waals surface area contributed by atoms with Gasteiger partial charge in [0.1, 0.15) is 0 Å². The lowest BCUT2D eigenvalue weighted by Crippen LogP contribution is -2.28. The lowest BCUT2D eigenvalue weighted by Gasteiger charge is -2.22. The summed E-state index contributed by atoms with van der Waals surface area (Å²) in [5, 5.41) is 0. The number of ether oxygens (including phenoxy) is 1. The molecule has 80 valence electrons. The van der Waals surface area contributed by atoms with Crippen LogP contribution in [0.1, 0.15) is 12.8 Å². The number of carbonyl (C=O) groups excluding carboxylic acids is 1. The zero-order valence-electron chi connectivity index (χ0n) is 8.15. The molecule has 0 saturated carbocycles. The average Bonchev–Trinajstić information content (AvgIpc) is 2.14. The third kappa shape index (κ3) is 2.57. The molecule has 0 bridgehead atoms. The minimum absolute atomic E-state index is 0.0287. The van der Waals surface area contributed by atoms with Crippen LogP contribution in [-0.4, -0.2) is 33.0 Å². The number of sulfone groups is 1. The van der Waals surface area contributed by atoms with Crippen LogP contribution in [0.15, 0.2) is 12.2 Å². The average molecular weight is 218 g/mol. The van der Waals surface area contributed by atoms with Gasteiger partial charge in [-0.25, -0.2) is 13.2 Å². The van der Waals surface area contributed by atoms with Gasteiger partial charge in [-0.15, -0.1) is 0 Å². The molecule has 0 aromatic carbocycles. The molecule has 1 fully saturated rings. The summed E-state index contributed by atoms with van der Waals surface area (Å²) in [5.74, 6) is -0.521. The molecule has 0 aliphatic carbocycles. The Bertz CT molecular complexity index is 342. The van der Waals surface area contributed by atoms with E-state index in [4.69, 9.17) is 0 Å². The van der Waals surface area contributed by atoms with Crippen molar-refractivity contribution in [1.29, 1.82) is 0 Å². The second-order valence-corrected chi connectivity index (χ2v) is 5.70. The third-order valence-corrected chi connectivity index (χ3v) is 4.22. The molecule has 1 aliphatic heterocycles. The van der Waals surface area contributed by atoms with Gasteiger partial charge >= 0.3 is 5.97 Å². The van der Waals surface area contributed by atoms with Crippen molar-refractivity contribution < 1.29 is 17.9 Å². The summed E-state index contributed by atoms with van der Waals surface area (Å²) in [6, 6.07) is 0. The Kier molecular flexibility index (Phi) is 3.31. The minimum Gasteiger partial charge on any atom is -0.466 e. The van der Waals surface area contributed by atoms with E-state index in [1.165, 1.54) is 7.11 Å². The quantitative estimate of drug-likeness (QED) is 0.501. The fraction of sp³-hybridized carbons (Fsp3) is 0.667. The zero-order valence-corrected chi connectivity index (χ0v) is 8.97. The molecule has 0 aromatic heterocycles. The molecule has 1 unspecified atom stereocenters. The molecular weight excluding hydrogens is 204 g/mol. The van der Waals surface area contributed by atoms with E-state index in [0.717, 1.165) is 0 Å². The van der Waals surface area contributed by atoms with E-state index in [2.05, 4.69) is 11.3 Å². The summed E-state index contributed by atoms with van der Waals surface area (Å²) in [7, 11) is -1.72. The Balaban J connectivity index is 2.70. The maximum atomic E-state index is 11.3. The topological polar surface area (TPSA) is 60.4 Å². The largest absolute Gasteiger partial charge is 0.466 e. The standard InChI is InChI=1S/C9H14O4S/c1-7(9(10)13-2)8-4-3-5-14(11,12)6-8/h8H,1,3-6H2,2H3. The van der Waals surface area contributed by atoms with Gasteiger partial charge in [0.25, 0.3) is 0 Å². The van der Waals surface area contributed by atoms with Crippen molar-refractivity contribution >= 4 is 15.8 Å². The number of carbonyl (C=O) groups is 1. The molecule has 0 aromatic rings. The van der Waals surface area contributed by atoms with Crippen molar-refractivity contribution in [2.24, 2.45) is 5.92 Å². The van der Waals surface area contributed by atoms with Gasteiger partial charge in [-0.1, -0.05) is 6.58 Å². The van der Waals surface area contributed by atoms with E-state index < -0.39 is 15.8 Å². The Hall–Kier alpha value is -0.840. The molecule has 5 heteroatoms. The van der Waals surface area contributed by atoms with Gasteiger partial charge in [0.05, 0.1) is 18.6 Å². The SMILES string of the molecule is C=C(C(=O)OC)C1CCCS(=O)(=O)C1. The molecule has 0 radical (unpaired) electrons. The van der Waals surface area contributed by atoms with Crippen LogP contribution in [-0.2, 0) is 19.4 Å². The lowest BCUT2D eigenvalue weighted by molar-refractivity contribution is -0.136. The van der Waals surface area contributed by atoms with Crippen LogP contribution in [0.4, 0.5) is 0 Å². The van der Waals surface area contributed by atoms with Crippen LogP contribution in [0.2, 0.25) is 0 Å². The van der Waals surface area contributed by atoms with Crippen molar-refractivity contribution in [3.8, 4) is 0 Å². The monoisotopic (exact) mass is 218 g/mol. The highest BCUT2D eigenvalue weighted by atomic mass is 32.2. The fourth-order valence-electron chi connectivity index (χ4n) is 1.60. The van der Waals surface area contributed by atoms with Crippen LogP contribution < -0.4 is 0 Å². The summed E-state index contributed by atoms with van der Waals surface area (Å²) in [5.41, 5.74) is 0.274. The third-order valence-electron chi connectivity index (χ3n) is 2.40. The van der Waals surface area contributed by atoms with Gasteiger partial charge in [-0.05, 0) is 12.8 Å². The normalized spacial score (nSPS) is 25.4. The predicted molar refractivity (Wildman–Crippen MR) is 52.5 cm³/mol. The molecule has 1 atom stereocenters. The van der Waals surface area contributed by atoms with Gasteiger partial charge in [-0.2, -0.15) is 0 Å². The van der Waals surface area contributed by atoms with Crippen molar-refractivity contribution in [1.82, 2.24) is 0 Å². The molecule has 0 spiro atoms. The second-order valence-electron chi connectivity index (χ2n) is 3.47. The van der Waals surface area contributed by atoms with Crippen LogP contribution in [0.5, 0.6) is 0 Å². The Labute approximate surface area is 83.9 Å². The maximum absolute atomic E-state index is 11.3. The number of methoxy groups -OCH3 is 1. The van der Waals surface area contributed by atoms with E-state index in [-0.39, 0.29) is 23.0 Å². The summed E-state index contributed by atoms with van der Waals surface area (Å²) in [6.07, 6.45) is 1.30. The first-order valence-electron chi connectivity index (χ1n) is 4.44.